The topological polar surface area (TPSA) is 75.0 Å². The molecule has 0 aliphatic carbocycles. The second-order valence-electron chi connectivity index (χ2n) is 5.32. The minimum atomic E-state index is 0.0545. The molecule has 0 bridgehead atoms. The van der Waals surface area contributed by atoms with E-state index in [1.807, 2.05) is 23.1 Å². The lowest BCUT2D eigenvalue weighted by Gasteiger charge is -2.35. The van der Waals surface area contributed by atoms with Crippen LogP contribution in [0.15, 0.2) is 24.5 Å². The van der Waals surface area contributed by atoms with Gasteiger partial charge in [-0.3, -0.25) is 4.79 Å². The van der Waals surface area contributed by atoms with E-state index in [-0.39, 0.29) is 11.9 Å². The van der Waals surface area contributed by atoms with E-state index in [2.05, 4.69) is 16.9 Å². The molecule has 1 amide bonds. The Labute approximate surface area is 111 Å². The van der Waals surface area contributed by atoms with Crippen molar-refractivity contribution in [2.45, 2.75) is 19.4 Å². The predicted molar refractivity (Wildman–Crippen MR) is 73.8 cm³/mol. The summed E-state index contributed by atoms with van der Waals surface area (Å²) in [5.41, 5.74) is 8.51. The van der Waals surface area contributed by atoms with Crippen molar-refractivity contribution in [2.75, 3.05) is 13.1 Å². The maximum absolute atomic E-state index is 12.5. The lowest BCUT2D eigenvalue weighted by atomic mass is 9.94. The number of nitrogens with two attached hydrogens (primary N) is 1. The molecule has 1 fully saturated rings. The van der Waals surface area contributed by atoms with Gasteiger partial charge in [-0.1, -0.05) is 6.92 Å². The zero-order valence-electron chi connectivity index (χ0n) is 11.0. The normalized spacial score (nSPS) is 23.8. The number of likely N-dealkylation sites (tertiary alicyclic amines) is 1. The summed E-state index contributed by atoms with van der Waals surface area (Å²) >= 11 is 0. The number of aromatic nitrogens is 2. The van der Waals surface area contributed by atoms with E-state index in [4.69, 9.17) is 5.73 Å². The summed E-state index contributed by atoms with van der Waals surface area (Å²) in [7, 11) is 0. The number of nitrogens with one attached hydrogen (secondary N) is 1. The zero-order chi connectivity index (χ0) is 13.4. The highest BCUT2D eigenvalue weighted by Gasteiger charge is 2.26. The van der Waals surface area contributed by atoms with Crippen molar-refractivity contribution in [1.29, 1.82) is 0 Å². The summed E-state index contributed by atoms with van der Waals surface area (Å²) in [6, 6.07) is 5.63. The van der Waals surface area contributed by atoms with Gasteiger partial charge in [-0.15, -0.1) is 0 Å². The molecule has 0 radical (unpaired) electrons. The van der Waals surface area contributed by atoms with E-state index >= 15 is 0 Å². The molecule has 19 heavy (non-hydrogen) atoms. The van der Waals surface area contributed by atoms with E-state index in [9.17, 15) is 4.79 Å². The largest absolute Gasteiger partial charge is 0.345 e. The first-order chi connectivity index (χ1) is 9.15. The van der Waals surface area contributed by atoms with Gasteiger partial charge in [0, 0.05) is 24.7 Å². The quantitative estimate of drug-likeness (QED) is 0.811. The van der Waals surface area contributed by atoms with Gasteiger partial charge >= 0.3 is 0 Å². The smallest absolute Gasteiger partial charge is 0.253 e. The molecule has 3 N–H and O–H groups in total. The van der Waals surface area contributed by atoms with Crippen molar-refractivity contribution in [3.8, 4) is 0 Å². The van der Waals surface area contributed by atoms with Gasteiger partial charge in [-0.25, -0.2) is 4.98 Å². The Morgan fingerprint density at radius 3 is 3.16 bits per heavy atom. The number of piperidine rings is 1. The fourth-order valence-corrected chi connectivity index (χ4v) is 2.53. The molecule has 2 unspecified atom stereocenters. The van der Waals surface area contributed by atoms with Gasteiger partial charge in [0.1, 0.15) is 0 Å². The average molecular weight is 258 g/mol. The maximum Gasteiger partial charge on any atom is 0.253 e. The van der Waals surface area contributed by atoms with E-state index < -0.39 is 0 Å². The van der Waals surface area contributed by atoms with E-state index in [0.29, 0.717) is 18.0 Å². The Bertz CT molecular complexity index is 606. The third-order valence-electron chi connectivity index (χ3n) is 3.97. The molecule has 1 aliphatic heterocycles. The number of carbonyl (C=O) groups is 1. The average Bonchev–Trinajstić information content (AvgIpc) is 2.88. The van der Waals surface area contributed by atoms with Gasteiger partial charge in [-0.2, -0.15) is 0 Å². The number of aromatic amines is 1. The lowest BCUT2D eigenvalue weighted by Crippen LogP contribution is -2.49. The van der Waals surface area contributed by atoms with Gasteiger partial charge in [0.2, 0.25) is 0 Å². The molecule has 2 atom stereocenters. The number of amides is 1. The molecule has 5 nitrogen and oxygen atoms in total. The molecule has 3 rings (SSSR count). The van der Waals surface area contributed by atoms with Crippen LogP contribution in [0.4, 0.5) is 0 Å². The second kappa shape index (κ2) is 4.66. The number of imidazole rings is 1. The van der Waals surface area contributed by atoms with E-state index in [1.165, 1.54) is 0 Å². The van der Waals surface area contributed by atoms with Crippen LogP contribution in [0.5, 0.6) is 0 Å². The number of hydrogen-bond acceptors (Lipinski definition) is 3. The Kier molecular flexibility index (Phi) is 2.98. The lowest BCUT2D eigenvalue weighted by molar-refractivity contribution is 0.0672. The summed E-state index contributed by atoms with van der Waals surface area (Å²) in [5, 5.41) is 0. The van der Waals surface area contributed by atoms with Crippen LogP contribution in [0.25, 0.3) is 11.0 Å². The summed E-state index contributed by atoms with van der Waals surface area (Å²) in [6.45, 7) is 3.57. The van der Waals surface area contributed by atoms with Crippen LogP contribution < -0.4 is 5.73 Å². The molecule has 1 aromatic heterocycles. The van der Waals surface area contributed by atoms with Crippen LogP contribution in [-0.4, -0.2) is 39.9 Å². The number of H-pyrrole nitrogens is 1. The van der Waals surface area contributed by atoms with Crippen LogP contribution in [0.2, 0.25) is 0 Å². The SMILES string of the molecule is CC1CCN(C(=O)c2ccc3nc[nH]c3c2)CC1N. The van der Waals surface area contributed by atoms with Crippen molar-refractivity contribution in [1.82, 2.24) is 14.9 Å². The Hall–Kier alpha value is -1.88. The first kappa shape index (κ1) is 12.2. The molecule has 5 heteroatoms. The Morgan fingerprint density at radius 2 is 2.37 bits per heavy atom. The monoisotopic (exact) mass is 258 g/mol. The minimum Gasteiger partial charge on any atom is -0.345 e. The highest BCUT2D eigenvalue weighted by Crippen LogP contribution is 2.19. The summed E-state index contributed by atoms with van der Waals surface area (Å²) in [6.07, 6.45) is 2.61. The molecule has 1 aliphatic rings. The maximum atomic E-state index is 12.5. The molecular weight excluding hydrogens is 240 g/mol. The van der Waals surface area contributed by atoms with E-state index in [1.54, 1.807) is 6.33 Å². The summed E-state index contributed by atoms with van der Waals surface area (Å²) < 4.78 is 0. The van der Waals surface area contributed by atoms with Gasteiger partial charge < -0.3 is 15.6 Å². The van der Waals surface area contributed by atoms with Crippen molar-refractivity contribution >= 4 is 16.9 Å². The van der Waals surface area contributed by atoms with Gasteiger partial charge in [0.15, 0.2) is 0 Å². The molecule has 0 spiro atoms. The predicted octanol–water partition coefficient (Wildman–Crippen LogP) is 1.37. The summed E-state index contributed by atoms with van der Waals surface area (Å²) in [4.78, 5) is 21.5. The molecule has 100 valence electrons. The summed E-state index contributed by atoms with van der Waals surface area (Å²) in [5.74, 6) is 0.540. The Balaban J connectivity index is 1.83. The van der Waals surface area contributed by atoms with Crippen molar-refractivity contribution in [3.63, 3.8) is 0 Å². The first-order valence-electron chi connectivity index (χ1n) is 6.63. The number of fused-ring (bicyclic) bond motifs is 1. The van der Waals surface area contributed by atoms with Crippen LogP contribution in [0, 0.1) is 5.92 Å². The fourth-order valence-electron chi connectivity index (χ4n) is 2.53. The minimum absolute atomic E-state index is 0.0545. The molecule has 0 saturated carbocycles. The number of rotatable bonds is 1. The van der Waals surface area contributed by atoms with Crippen molar-refractivity contribution in [2.24, 2.45) is 11.7 Å². The van der Waals surface area contributed by atoms with Crippen molar-refractivity contribution in [3.05, 3.63) is 30.1 Å². The second-order valence-corrected chi connectivity index (χ2v) is 5.32. The number of hydrogen-bond donors (Lipinski definition) is 2. The Morgan fingerprint density at radius 1 is 1.53 bits per heavy atom. The molecule has 2 heterocycles. The first-order valence-corrected chi connectivity index (χ1v) is 6.63. The molecule has 1 saturated heterocycles. The van der Waals surface area contributed by atoms with Gasteiger partial charge in [0.25, 0.3) is 5.91 Å². The fraction of sp³-hybridized carbons (Fsp3) is 0.429. The van der Waals surface area contributed by atoms with Crippen molar-refractivity contribution < 1.29 is 4.79 Å². The van der Waals surface area contributed by atoms with Crippen LogP contribution in [0.3, 0.4) is 0 Å². The number of nitrogens with zero attached hydrogens (tertiary/aromatic N) is 2. The number of carbonyl (C=O) groups excluding carboxylic acids is 1. The molecular formula is C14H18N4O. The number of benzene rings is 1. The zero-order valence-corrected chi connectivity index (χ0v) is 11.0. The highest BCUT2D eigenvalue weighted by molar-refractivity contribution is 5.97. The third-order valence-corrected chi connectivity index (χ3v) is 3.97. The highest BCUT2D eigenvalue weighted by atomic mass is 16.2. The van der Waals surface area contributed by atoms with Crippen LogP contribution >= 0.6 is 0 Å². The van der Waals surface area contributed by atoms with Crippen LogP contribution in [0.1, 0.15) is 23.7 Å². The van der Waals surface area contributed by atoms with Gasteiger partial charge in [-0.05, 0) is 30.5 Å². The standard InChI is InChI=1S/C14H18N4O/c1-9-4-5-18(7-11(9)15)14(19)10-2-3-12-13(6-10)17-8-16-12/h2-3,6,8-9,11H,4-5,7,15H2,1H3,(H,16,17). The molecule has 1 aromatic carbocycles. The van der Waals surface area contributed by atoms with Crippen LogP contribution in [-0.2, 0) is 0 Å². The van der Waals surface area contributed by atoms with Gasteiger partial charge in [0.05, 0.1) is 17.4 Å². The molecule has 2 aromatic rings. The third kappa shape index (κ3) is 2.21. The van der Waals surface area contributed by atoms with E-state index in [0.717, 1.165) is 24.0 Å².